The lowest BCUT2D eigenvalue weighted by atomic mass is 10.2. The van der Waals surface area contributed by atoms with Crippen LogP contribution in [0.15, 0.2) is 65.3 Å². The Labute approximate surface area is 181 Å². The number of carbonyl (C=O) groups is 1. The third kappa shape index (κ3) is 4.53. The zero-order chi connectivity index (χ0) is 21.1. The van der Waals surface area contributed by atoms with Crippen LogP contribution in [0.5, 0.6) is 0 Å². The second-order valence-corrected chi connectivity index (χ2v) is 7.32. The standard InChI is InChI=1S/C21H15Cl2FN4O2/c22-15-4-1-3-14(10-15)20-26-21(30-27-20)18-5-2-8-28(18)12-19(29)25-11-13-6-7-17(24)16(23)9-13/h1-10H,11-12H2,(H,25,29). The first-order valence-corrected chi connectivity index (χ1v) is 9.71. The van der Waals surface area contributed by atoms with Crippen molar-refractivity contribution in [1.82, 2.24) is 20.0 Å². The average molecular weight is 445 g/mol. The zero-order valence-electron chi connectivity index (χ0n) is 15.5. The van der Waals surface area contributed by atoms with Gasteiger partial charge in [0.15, 0.2) is 0 Å². The van der Waals surface area contributed by atoms with E-state index < -0.39 is 5.82 Å². The largest absolute Gasteiger partial charge is 0.350 e. The van der Waals surface area contributed by atoms with Gasteiger partial charge < -0.3 is 14.4 Å². The lowest BCUT2D eigenvalue weighted by Crippen LogP contribution is -2.27. The van der Waals surface area contributed by atoms with Gasteiger partial charge in [0.25, 0.3) is 5.89 Å². The maximum Gasteiger partial charge on any atom is 0.274 e. The van der Waals surface area contributed by atoms with Gasteiger partial charge in [-0.2, -0.15) is 4.98 Å². The Morgan fingerprint density at radius 3 is 2.80 bits per heavy atom. The number of aromatic nitrogens is 3. The topological polar surface area (TPSA) is 73.0 Å². The number of rotatable bonds is 6. The lowest BCUT2D eigenvalue weighted by Gasteiger charge is -2.08. The Morgan fingerprint density at radius 1 is 1.13 bits per heavy atom. The van der Waals surface area contributed by atoms with Crippen molar-refractivity contribution in [3.63, 3.8) is 0 Å². The number of nitrogens with one attached hydrogen (secondary N) is 1. The third-order valence-corrected chi connectivity index (χ3v) is 4.87. The fourth-order valence-electron chi connectivity index (χ4n) is 2.88. The molecule has 1 amide bonds. The maximum atomic E-state index is 13.2. The molecule has 0 aliphatic rings. The number of hydrogen-bond donors (Lipinski definition) is 1. The van der Waals surface area contributed by atoms with Gasteiger partial charge >= 0.3 is 0 Å². The van der Waals surface area contributed by atoms with E-state index in [-0.39, 0.29) is 29.9 Å². The maximum absolute atomic E-state index is 13.2. The van der Waals surface area contributed by atoms with Crippen molar-refractivity contribution in [3.8, 4) is 23.0 Å². The Bertz CT molecular complexity index is 1210. The van der Waals surface area contributed by atoms with Gasteiger partial charge in [-0.1, -0.05) is 46.6 Å². The fourth-order valence-corrected chi connectivity index (χ4v) is 3.27. The highest BCUT2D eigenvalue weighted by Gasteiger charge is 2.15. The molecule has 0 bridgehead atoms. The smallest absolute Gasteiger partial charge is 0.274 e. The van der Waals surface area contributed by atoms with E-state index in [1.807, 2.05) is 6.07 Å². The van der Waals surface area contributed by atoms with Gasteiger partial charge in [-0.05, 0) is 42.0 Å². The SMILES string of the molecule is O=C(Cn1cccc1-c1nc(-c2cccc(Cl)c2)no1)NCc1ccc(F)c(Cl)c1. The van der Waals surface area contributed by atoms with E-state index in [4.69, 9.17) is 27.7 Å². The van der Waals surface area contributed by atoms with Crippen LogP contribution in [0, 0.1) is 5.82 Å². The molecule has 0 spiro atoms. The second kappa shape index (κ2) is 8.69. The van der Waals surface area contributed by atoms with Gasteiger partial charge in [-0.25, -0.2) is 4.39 Å². The minimum atomic E-state index is -0.500. The van der Waals surface area contributed by atoms with E-state index >= 15 is 0 Å². The van der Waals surface area contributed by atoms with Crippen molar-refractivity contribution in [2.75, 3.05) is 0 Å². The third-order valence-electron chi connectivity index (χ3n) is 4.35. The van der Waals surface area contributed by atoms with E-state index in [9.17, 15) is 9.18 Å². The Balaban J connectivity index is 1.44. The van der Waals surface area contributed by atoms with Crippen LogP contribution in [0.3, 0.4) is 0 Å². The van der Waals surface area contributed by atoms with Crippen molar-refractivity contribution in [2.45, 2.75) is 13.1 Å². The fraction of sp³-hybridized carbons (Fsp3) is 0.0952. The number of benzene rings is 2. The molecule has 0 unspecified atom stereocenters. The highest BCUT2D eigenvalue weighted by atomic mass is 35.5. The quantitative estimate of drug-likeness (QED) is 0.455. The van der Waals surface area contributed by atoms with Crippen molar-refractivity contribution in [2.24, 2.45) is 0 Å². The summed E-state index contributed by atoms with van der Waals surface area (Å²) in [7, 11) is 0. The number of nitrogens with zero attached hydrogens (tertiary/aromatic N) is 3. The highest BCUT2D eigenvalue weighted by molar-refractivity contribution is 6.31. The van der Waals surface area contributed by atoms with Crippen LogP contribution in [-0.4, -0.2) is 20.6 Å². The van der Waals surface area contributed by atoms with Crippen molar-refractivity contribution in [3.05, 3.63) is 82.2 Å². The van der Waals surface area contributed by atoms with Crippen LogP contribution in [0.1, 0.15) is 5.56 Å². The molecule has 4 aromatic rings. The lowest BCUT2D eigenvalue weighted by molar-refractivity contribution is -0.121. The molecule has 30 heavy (non-hydrogen) atoms. The number of hydrogen-bond acceptors (Lipinski definition) is 4. The molecule has 0 fully saturated rings. The molecular formula is C21H15Cl2FN4O2. The summed E-state index contributed by atoms with van der Waals surface area (Å²) in [5.74, 6) is -0.0473. The summed E-state index contributed by atoms with van der Waals surface area (Å²) >= 11 is 11.8. The summed E-state index contributed by atoms with van der Waals surface area (Å²) in [5.41, 5.74) is 2.03. The van der Waals surface area contributed by atoms with Crippen molar-refractivity contribution in [1.29, 1.82) is 0 Å². The van der Waals surface area contributed by atoms with Crippen LogP contribution in [0.4, 0.5) is 4.39 Å². The molecule has 9 heteroatoms. The molecular weight excluding hydrogens is 430 g/mol. The normalized spacial score (nSPS) is 10.9. The molecule has 6 nitrogen and oxygen atoms in total. The molecule has 152 valence electrons. The molecule has 0 saturated carbocycles. The predicted octanol–water partition coefficient (Wildman–Crippen LogP) is 4.97. The van der Waals surface area contributed by atoms with Gasteiger partial charge in [0.2, 0.25) is 11.7 Å². The second-order valence-electron chi connectivity index (χ2n) is 6.48. The van der Waals surface area contributed by atoms with Crippen LogP contribution < -0.4 is 5.32 Å². The van der Waals surface area contributed by atoms with E-state index in [2.05, 4.69) is 15.5 Å². The molecule has 1 N–H and O–H groups in total. The molecule has 0 radical (unpaired) electrons. The van der Waals surface area contributed by atoms with Crippen LogP contribution in [-0.2, 0) is 17.9 Å². The van der Waals surface area contributed by atoms with E-state index in [0.29, 0.717) is 22.1 Å². The first-order valence-electron chi connectivity index (χ1n) is 8.95. The highest BCUT2D eigenvalue weighted by Crippen LogP contribution is 2.24. The number of carbonyl (C=O) groups excluding carboxylic acids is 1. The Morgan fingerprint density at radius 2 is 2.00 bits per heavy atom. The van der Waals surface area contributed by atoms with Crippen LogP contribution in [0.25, 0.3) is 23.0 Å². The molecule has 0 aliphatic carbocycles. The number of halogens is 3. The summed E-state index contributed by atoms with van der Waals surface area (Å²) in [6.45, 7) is 0.279. The van der Waals surface area contributed by atoms with E-state index in [1.165, 1.54) is 12.1 Å². The molecule has 0 aliphatic heterocycles. The molecule has 2 heterocycles. The van der Waals surface area contributed by atoms with Gasteiger partial charge in [0.1, 0.15) is 18.1 Å². The Hall–Kier alpha value is -3.16. The Kier molecular flexibility index (Phi) is 5.83. The minimum Gasteiger partial charge on any atom is -0.350 e. The van der Waals surface area contributed by atoms with Crippen LogP contribution in [0.2, 0.25) is 10.0 Å². The predicted molar refractivity (Wildman–Crippen MR) is 111 cm³/mol. The zero-order valence-corrected chi connectivity index (χ0v) is 17.0. The van der Waals surface area contributed by atoms with Gasteiger partial charge in [0.05, 0.1) is 5.02 Å². The molecule has 4 rings (SSSR count). The van der Waals surface area contributed by atoms with Gasteiger partial charge in [0, 0.05) is 23.3 Å². The van der Waals surface area contributed by atoms with Crippen molar-refractivity contribution < 1.29 is 13.7 Å². The van der Waals surface area contributed by atoms with E-state index in [1.54, 1.807) is 47.2 Å². The summed E-state index contributed by atoms with van der Waals surface area (Å²) in [6.07, 6.45) is 1.74. The first kappa shape index (κ1) is 20.1. The molecule has 0 atom stereocenters. The summed E-state index contributed by atoms with van der Waals surface area (Å²) in [4.78, 5) is 16.8. The summed E-state index contributed by atoms with van der Waals surface area (Å²) < 4.78 is 20.3. The van der Waals surface area contributed by atoms with Gasteiger partial charge in [-0.3, -0.25) is 4.79 Å². The number of amides is 1. The molecule has 2 aromatic carbocycles. The minimum absolute atomic E-state index is 0.0151. The summed E-state index contributed by atoms with van der Waals surface area (Å²) in [6, 6.07) is 15.0. The van der Waals surface area contributed by atoms with Crippen molar-refractivity contribution >= 4 is 29.1 Å². The monoisotopic (exact) mass is 444 g/mol. The van der Waals surface area contributed by atoms with E-state index in [0.717, 1.165) is 5.56 Å². The molecule has 2 aromatic heterocycles. The van der Waals surface area contributed by atoms with Crippen LogP contribution >= 0.6 is 23.2 Å². The average Bonchev–Trinajstić information content (AvgIpc) is 3.38. The first-order chi connectivity index (χ1) is 14.5. The van der Waals surface area contributed by atoms with Gasteiger partial charge in [-0.15, -0.1) is 0 Å². The molecule has 0 saturated heterocycles. The summed E-state index contributed by atoms with van der Waals surface area (Å²) in [5, 5.41) is 7.36.